The Labute approximate surface area is 106 Å². The molecule has 0 spiro atoms. The van der Waals surface area contributed by atoms with E-state index in [0.29, 0.717) is 13.2 Å². The fourth-order valence-corrected chi connectivity index (χ4v) is 1.34. The summed E-state index contributed by atoms with van der Waals surface area (Å²) in [7, 11) is 0. The minimum Gasteiger partial charge on any atom is -0.389 e. The van der Waals surface area contributed by atoms with Crippen LogP contribution in [0, 0.1) is 0 Å². The molecule has 0 bridgehead atoms. The topological polar surface area (TPSA) is 50.7 Å². The second kappa shape index (κ2) is 13.9. The van der Waals surface area contributed by atoms with E-state index >= 15 is 0 Å². The van der Waals surface area contributed by atoms with Crippen molar-refractivity contribution in [3.63, 3.8) is 0 Å². The summed E-state index contributed by atoms with van der Waals surface area (Å²) in [5.41, 5.74) is 0. The Balaban J connectivity index is 3.08. The van der Waals surface area contributed by atoms with Gasteiger partial charge in [-0.2, -0.15) is 0 Å². The summed E-state index contributed by atoms with van der Waals surface area (Å²) in [6.07, 6.45) is 3.86. The van der Waals surface area contributed by atoms with Gasteiger partial charge in [0.15, 0.2) is 0 Å². The first-order valence-corrected chi connectivity index (χ1v) is 6.85. The fourth-order valence-electron chi connectivity index (χ4n) is 1.34. The molecule has 4 nitrogen and oxygen atoms in total. The predicted octanol–water partition coefficient (Wildman–Crippen LogP) is 1.57. The molecule has 0 aromatic heterocycles. The van der Waals surface area contributed by atoms with Crippen LogP contribution in [0.3, 0.4) is 0 Å². The second-order valence-corrected chi connectivity index (χ2v) is 4.25. The van der Waals surface area contributed by atoms with E-state index in [-0.39, 0.29) is 0 Å². The standard InChI is InChI=1S/C13H29NO3/c1-3-5-9-17-12-13(15)11-14-7-6-10-16-8-4-2/h13-15H,3-12H2,1-2H3. The Morgan fingerprint density at radius 3 is 2.47 bits per heavy atom. The molecule has 1 unspecified atom stereocenters. The normalized spacial score (nSPS) is 12.9. The van der Waals surface area contributed by atoms with Gasteiger partial charge in [0.1, 0.15) is 0 Å². The summed E-state index contributed by atoms with van der Waals surface area (Å²) in [5.74, 6) is 0. The van der Waals surface area contributed by atoms with Gasteiger partial charge in [0.05, 0.1) is 12.7 Å². The zero-order valence-corrected chi connectivity index (χ0v) is 11.4. The van der Waals surface area contributed by atoms with Crippen LogP contribution in [0.25, 0.3) is 0 Å². The molecular weight excluding hydrogens is 218 g/mol. The average molecular weight is 247 g/mol. The lowest BCUT2D eigenvalue weighted by Gasteiger charge is -2.12. The zero-order chi connectivity index (χ0) is 12.8. The van der Waals surface area contributed by atoms with Gasteiger partial charge in [0.2, 0.25) is 0 Å². The molecule has 0 heterocycles. The summed E-state index contributed by atoms with van der Waals surface area (Å²) < 4.78 is 10.7. The van der Waals surface area contributed by atoms with E-state index in [1.54, 1.807) is 0 Å². The van der Waals surface area contributed by atoms with E-state index in [0.717, 1.165) is 52.0 Å². The number of nitrogens with one attached hydrogen (secondary N) is 1. The maximum atomic E-state index is 9.57. The molecule has 0 saturated carbocycles. The first-order chi connectivity index (χ1) is 8.31. The van der Waals surface area contributed by atoms with Crippen LogP contribution in [0.15, 0.2) is 0 Å². The number of ether oxygens (including phenoxy) is 2. The van der Waals surface area contributed by atoms with E-state index in [9.17, 15) is 5.11 Å². The highest BCUT2D eigenvalue weighted by molar-refractivity contribution is 4.58. The molecule has 0 aliphatic rings. The highest BCUT2D eigenvalue weighted by Crippen LogP contribution is 1.90. The highest BCUT2D eigenvalue weighted by atomic mass is 16.5. The van der Waals surface area contributed by atoms with Crippen molar-refractivity contribution in [3.05, 3.63) is 0 Å². The third-order valence-corrected chi connectivity index (χ3v) is 2.32. The smallest absolute Gasteiger partial charge is 0.0897 e. The molecule has 4 heteroatoms. The van der Waals surface area contributed by atoms with Crippen molar-refractivity contribution in [1.82, 2.24) is 5.32 Å². The van der Waals surface area contributed by atoms with E-state index in [2.05, 4.69) is 19.2 Å². The summed E-state index contributed by atoms with van der Waals surface area (Å²) in [6.45, 7) is 8.53. The molecule has 17 heavy (non-hydrogen) atoms. The Hall–Kier alpha value is -0.160. The third kappa shape index (κ3) is 13.8. The molecule has 104 valence electrons. The molecule has 2 N–H and O–H groups in total. The average Bonchev–Trinajstić information content (AvgIpc) is 2.33. The van der Waals surface area contributed by atoms with Gasteiger partial charge in [-0.25, -0.2) is 0 Å². The van der Waals surface area contributed by atoms with Crippen LogP contribution >= 0.6 is 0 Å². The Morgan fingerprint density at radius 2 is 1.76 bits per heavy atom. The van der Waals surface area contributed by atoms with Crippen molar-refractivity contribution < 1.29 is 14.6 Å². The first kappa shape index (κ1) is 16.8. The molecule has 0 aromatic carbocycles. The summed E-state index contributed by atoms with van der Waals surface area (Å²) in [6, 6.07) is 0. The number of aliphatic hydroxyl groups is 1. The molecule has 0 aliphatic heterocycles. The minimum atomic E-state index is -0.400. The minimum absolute atomic E-state index is 0.400. The fraction of sp³-hybridized carbons (Fsp3) is 1.00. The predicted molar refractivity (Wildman–Crippen MR) is 70.3 cm³/mol. The van der Waals surface area contributed by atoms with Gasteiger partial charge in [-0.05, 0) is 25.8 Å². The maximum absolute atomic E-state index is 9.57. The van der Waals surface area contributed by atoms with Crippen LogP contribution < -0.4 is 5.32 Å². The zero-order valence-electron chi connectivity index (χ0n) is 11.4. The van der Waals surface area contributed by atoms with Crippen molar-refractivity contribution in [1.29, 1.82) is 0 Å². The first-order valence-electron chi connectivity index (χ1n) is 6.85. The van der Waals surface area contributed by atoms with Crippen LogP contribution in [0.4, 0.5) is 0 Å². The lowest BCUT2D eigenvalue weighted by Crippen LogP contribution is -2.31. The number of unbranched alkanes of at least 4 members (excludes halogenated alkanes) is 1. The van der Waals surface area contributed by atoms with Crippen molar-refractivity contribution in [2.24, 2.45) is 0 Å². The lowest BCUT2D eigenvalue weighted by molar-refractivity contribution is 0.0356. The Morgan fingerprint density at radius 1 is 1.00 bits per heavy atom. The van der Waals surface area contributed by atoms with Crippen LogP contribution in [0.2, 0.25) is 0 Å². The van der Waals surface area contributed by atoms with Crippen LogP contribution in [-0.4, -0.2) is 50.7 Å². The highest BCUT2D eigenvalue weighted by Gasteiger charge is 2.02. The number of rotatable bonds is 13. The summed E-state index contributed by atoms with van der Waals surface area (Å²) >= 11 is 0. The molecular formula is C13H29NO3. The van der Waals surface area contributed by atoms with Crippen molar-refractivity contribution in [2.75, 3.05) is 39.5 Å². The number of aliphatic hydroxyl groups excluding tert-OH is 1. The SMILES string of the molecule is CCCCOCC(O)CNCCCOCCC. The molecule has 0 rings (SSSR count). The number of hydrogen-bond acceptors (Lipinski definition) is 4. The Bertz CT molecular complexity index is 145. The molecule has 0 amide bonds. The lowest BCUT2D eigenvalue weighted by atomic mass is 10.3. The van der Waals surface area contributed by atoms with E-state index in [4.69, 9.17) is 9.47 Å². The second-order valence-electron chi connectivity index (χ2n) is 4.25. The van der Waals surface area contributed by atoms with Crippen LogP contribution in [-0.2, 0) is 9.47 Å². The maximum Gasteiger partial charge on any atom is 0.0897 e. The van der Waals surface area contributed by atoms with Crippen LogP contribution in [0.5, 0.6) is 0 Å². The molecule has 0 aliphatic carbocycles. The summed E-state index contributed by atoms with van der Waals surface area (Å²) in [5, 5.41) is 12.8. The van der Waals surface area contributed by atoms with E-state index < -0.39 is 6.10 Å². The number of hydrogen-bond donors (Lipinski definition) is 2. The van der Waals surface area contributed by atoms with Gasteiger partial charge < -0.3 is 19.9 Å². The van der Waals surface area contributed by atoms with Crippen molar-refractivity contribution in [3.8, 4) is 0 Å². The van der Waals surface area contributed by atoms with Gasteiger partial charge in [-0.3, -0.25) is 0 Å². The van der Waals surface area contributed by atoms with Gasteiger partial charge in [-0.1, -0.05) is 20.3 Å². The quantitative estimate of drug-likeness (QED) is 0.485. The van der Waals surface area contributed by atoms with Gasteiger partial charge in [-0.15, -0.1) is 0 Å². The van der Waals surface area contributed by atoms with Gasteiger partial charge in [0, 0.05) is 26.4 Å². The van der Waals surface area contributed by atoms with Crippen LogP contribution in [0.1, 0.15) is 39.5 Å². The van der Waals surface area contributed by atoms with Crippen molar-refractivity contribution in [2.45, 2.75) is 45.6 Å². The third-order valence-electron chi connectivity index (χ3n) is 2.32. The van der Waals surface area contributed by atoms with Gasteiger partial charge >= 0.3 is 0 Å². The molecule has 0 aromatic rings. The molecule has 0 radical (unpaired) electrons. The monoisotopic (exact) mass is 247 g/mol. The molecule has 0 fully saturated rings. The molecule has 0 saturated heterocycles. The van der Waals surface area contributed by atoms with E-state index in [1.807, 2.05) is 0 Å². The van der Waals surface area contributed by atoms with Crippen molar-refractivity contribution >= 4 is 0 Å². The van der Waals surface area contributed by atoms with E-state index in [1.165, 1.54) is 0 Å². The van der Waals surface area contributed by atoms with Gasteiger partial charge in [0.25, 0.3) is 0 Å². The molecule has 1 atom stereocenters. The summed E-state index contributed by atoms with van der Waals surface area (Å²) in [4.78, 5) is 0. The Kier molecular flexibility index (Phi) is 13.8. The largest absolute Gasteiger partial charge is 0.389 e.